The molecule has 0 N–H and O–H groups in total. The Balaban J connectivity index is 1.60. The minimum Gasteiger partial charge on any atom is -0.369 e. The van der Waals surface area contributed by atoms with E-state index in [1.807, 2.05) is 4.90 Å². The number of nitrogens with zero attached hydrogens (tertiary/aromatic N) is 1. The lowest BCUT2D eigenvalue weighted by Gasteiger charge is -2.42. The van der Waals surface area contributed by atoms with Gasteiger partial charge in [-0.2, -0.15) is 0 Å². The minimum atomic E-state index is -0.132. The van der Waals surface area contributed by atoms with Crippen LogP contribution in [0.2, 0.25) is 0 Å². The molecule has 4 heteroatoms. The van der Waals surface area contributed by atoms with Crippen molar-refractivity contribution in [2.45, 2.75) is 70.5 Å². The van der Waals surface area contributed by atoms with E-state index in [0.29, 0.717) is 12.3 Å². The average Bonchev–Trinajstić information content (AvgIpc) is 2.63. The van der Waals surface area contributed by atoms with Crippen LogP contribution in [0.5, 0.6) is 0 Å². The SMILES string of the molecule is CC(C)(C)OC1CN(C(=O)CC2CCCCc3cc(Br)ccc32)C1. The van der Waals surface area contributed by atoms with E-state index in [0.717, 1.165) is 30.4 Å². The lowest BCUT2D eigenvalue weighted by molar-refractivity contribution is -0.157. The van der Waals surface area contributed by atoms with Crippen molar-refractivity contribution in [3.8, 4) is 0 Å². The summed E-state index contributed by atoms with van der Waals surface area (Å²) >= 11 is 3.57. The van der Waals surface area contributed by atoms with Crippen molar-refractivity contribution in [2.24, 2.45) is 0 Å². The van der Waals surface area contributed by atoms with Crippen LogP contribution < -0.4 is 0 Å². The second-order valence-corrected chi connectivity index (χ2v) is 9.06. The second kappa shape index (κ2) is 7.17. The number of fused-ring (bicyclic) bond motifs is 1. The Labute approximate surface area is 153 Å². The third-order valence-corrected chi connectivity index (χ3v) is 5.43. The maximum Gasteiger partial charge on any atom is 0.223 e. The zero-order chi connectivity index (χ0) is 17.3. The molecule has 24 heavy (non-hydrogen) atoms. The summed E-state index contributed by atoms with van der Waals surface area (Å²) in [5, 5.41) is 0. The zero-order valence-electron chi connectivity index (χ0n) is 15.0. The predicted octanol–water partition coefficient (Wildman–Crippen LogP) is 4.68. The fourth-order valence-electron chi connectivity index (χ4n) is 3.82. The number of rotatable bonds is 3. The molecule has 1 fully saturated rings. The van der Waals surface area contributed by atoms with Crippen LogP contribution in [-0.2, 0) is 16.0 Å². The molecule has 3 rings (SSSR count). The van der Waals surface area contributed by atoms with E-state index in [1.54, 1.807) is 0 Å². The number of carbonyl (C=O) groups excluding carboxylic acids is 1. The topological polar surface area (TPSA) is 29.5 Å². The van der Waals surface area contributed by atoms with Crippen LogP contribution in [0.15, 0.2) is 22.7 Å². The van der Waals surface area contributed by atoms with E-state index in [9.17, 15) is 4.79 Å². The molecule has 1 aliphatic heterocycles. The summed E-state index contributed by atoms with van der Waals surface area (Å²) in [6.45, 7) is 7.69. The van der Waals surface area contributed by atoms with Gasteiger partial charge in [0.1, 0.15) is 0 Å². The molecular weight excluding hydrogens is 366 g/mol. The van der Waals surface area contributed by atoms with E-state index in [4.69, 9.17) is 4.74 Å². The van der Waals surface area contributed by atoms with Crippen molar-refractivity contribution in [1.29, 1.82) is 0 Å². The Morgan fingerprint density at radius 2 is 2.04 bits per heavy atom. The highest BCUT2D eigenvalue weighted by Gasteiger charge is 2.35. The Morgan fingerprint density at radius 3 is 2.75 bits per heavy atom. The van der Waals surface area contributed by atoms with Crippen molar-refractivity contribution in [2.75, 3.05) is 13.1 Å². The summed E-state index contributed by atoms with van der Waals surface area (Å²) in [7, 11) is 0. The summed E-state index contributed by atoms with van der Waals surface area (Å²) in [5.41, 5.74) is 2.66. The molecule has 3 nitrogen and oxygen atoms in total. The maximum atomic E-state index is 12.7. The third-order valence-electron chi connectivity index (χ3n) is 4.94. The molecule has 1 amide bonds. The highest BCUT2D eigenvalue weighted by atomic mass is 79.9. The highest BCUT2D eigenvalue weighted by molar-refractivity contribution is 9.10. The van der Waals surface area contributed by atoms with Gasteiger partial charge in [0.05, 0.1) is 11.7 Å². The maximum absolute atomic E-state index is 12.7. The van der Waals surface area contributed by atoms with Gasteiger partial charge in [0.15, 0.2) is 0 Å². The molecule has 1 aliphatic carbocycles. The summed E-state index contributed by atoms with van der Waals surface area (Å²) in [5.74, 6) is 0.648. The number of hydrogen-bond donors (Lipinski definition) is 0. The first-order chi connectivity index (χ1) is 11.3. The van der Waals surface area contributed by atoms with Crippen LogP contribution in [0, 0.1) is 0 Å². The molecule has 0 spiro atoms. The molecule has 2 aliphatic rings. The molecule has 1 atom stereocenters. The van der Waals surface area contributed by atoms with Crippen molar-refractivity contribution in [3.63, 3.8) is 0 Å². The number of ether oxygens (including phenoxy) is 1. The molecule has 0 radical (unpaired) electrons. The van der Waals surface area contributed by atoms with E-state index in [-0.39, 0.29) is 17.6 Å². The number of halogens is 1. The second-order valence-electron chi connectivity index (χ2n) is 8.14. The number of hydrogen-bond acceptors (Lipinski definition) is 2. The fraction of sp³-hybridized carbons (Fsp3) is 0.650. The van der Waals surface area contributed by atoms with E-state index in [2.05, 4.69) is 54.9 Å². The van der Waals surface area contributed by atoms with Gasteiger partial charge in [-0.25, -0.2) is 0 Å². The lowest BCUT2D eigenvalue weighted by atomic mass is 9.89. The van der Waals surface area contributed by atoms with Crippen LogP contribution in [-0.4, -0.2) is 35.6 Å². The van der Waals surface area contributed by atoms with Crippen molar-refractivity contribution in [1.82, 2.24) is 4.90 Å². The van der Waals surface area contributed by atoms with Crippen molar-refractivity contribution >= 4 is 21.8 Å². The molecule has 0 bridgehead atoms. The Kier molecular flexibility index (Phi) is 5.36. The summed E-state index contributed by atoms with van der Waals surface area (Å²) in [6.07, 6.45) is 5.52. The van der Waals surface area contributed by atoms with E-state index in [1.165, 1.54) is 24.0 Å². The Morgan fingerprint density at radius 1 is 1.29 bits per heavy atom. The largest absolute Gasteiger partial charge is 0.369 e. The Hall–Kier alpha value is -0.870. The van der Waals surface area contributed by atoms with Crippen LogP contribution >= 0.6 is 15.9 Å². The first-order valence-corrected chi connectivity index (χ1v) is 9.85. The van der Waals surface area contributed by atoms with Crippen LogP contribution in [0.4, 0.5) is 0 Å². The molecule has 132 valence electrons. The van der Waals surface area contributed by atoms with Gasteiger partial charge in [-0.05, 0) is 69.2 Å². The number of carbonyl (C=O) groups is 1. The zero-order valence-corrected chi connectivity index (χ0v) is 16.6. The summed E-state index contributed by atoms with van der Waals surface area (Å²) in [6, 6.07) is 6.55. The fourth-order valence-corrected chi connectivity index (χ4v) is 4.23. The third kappa shape index (κ3) is 4.40. The van der Waals surface area contributed by atoms with Gasteiger partial charge in [0.25, 0.3) is 0 Å². The first-order valence-electron chi connectivity index (χ1n) is 9.06. The molecule has 1 heterocycles. The Bertz CT molecular complexity index is 602. The lowest BCUT2D eigenvalue weighted by Crippen LogP contribution is -2.56. The molecule has 1 saturated heterocycles. The van der Waals surface area contributed by atoms with E-state index < -0.39 is 0 Å². The first kappa shape index (κ1) is 17.9. The highest BCUT2D eigenvalue weighted by Crippen LogP contribution is 2.35. The van der Waals surface area contributed by atoms with Crippen LogP contribution in [0.25, 0.3) is 0 Å². The smallest absolute Gasteiger partial charge is 0.223 e. The van der Waals surface area contributed by atoms with Crippen molar-refractivity contribution < 1.29 is 9.53 Å². The molecule has 1 unspecified atom stereocenters. The molecule has 1 aromatic carbocycles. The van der Waals surface area contributed by atoms with Crippen LogP contribution in [0.1, 0.15) is 63.5 Å². The summed E-state index contributed by atoms with van der Waals surface area (Å²) < 4.78 is 7.07. The standard InChI is InChI=1S/C20H28BrNO2/c1-20(2,3)24-17-12-22(13-17)19(23)11-15-7-5-4-6-14-10-16(21)8-9-18(14)15/h8-10,15,17H,4-7,11-13H2,1-3H3. The average molecular weight is 394 g/mol. The molecular formula is C20H28BrNO2. The monoisotopic (exact) mass is 393 g/mol. The molecule has 0 saturated carbocycles. The summed E-state index contributed by atoms with van der Waals surface area (Å²) in [4.78, 5) is 14.6. The quantitative estimate of drug-likeness (QED) is 0.697. The molecule has 0 aromatic heterocycles. The van der Waals surface area contributed by atoms with Gasteiger partial charge in [-0.1, -0.05) is 28.4 Å². The van der Waals surface area contributed by atoms with Gasteiger partial charge < -0.3 is 9.64 Å². The predicted molar refractivity (Wildman–Crippen MR) is 100 cm³/mol. The number of likely N-dealkylation sites (tertiary alicyclic amines) is 1. The van der Waals surface area contributed by atoms with Gasteiger partial charge in [0.2, 0.25) is 5.91 Å². The number of benzene rings is 1. The van der Waals surface area contributed by atoms with E-state index >= 15 is 0 Å². The van der Waals surface area contributed by atoms with Gasteiger partial charge >= 0.3 is 0 Å². The normalized spacial score (nSPS) is 21.8. The number of amides is 1. The van der Waals surface area contributed by atoms with Crippen LogP contribution in [0.3, 0.4) is 0 Å². The van der Waals surface area contributed by atoms with Gasteiger partial charge in [-0.15, -0.1) is 0 Å². The number of aryl methyl sites for hydroxylation is 1. The van der Waals surface area contributed by atoms with Gasteiger partial charge in [0, 0.05) is 24.0 Å². The van der Waals surface area contributed by atoms with Crippen molar-refractivity contribution in [3.05, 3.63) is 33.8 Å². The minimum absolute atomic E-state index is 0.132. The van der Waals surface area contributed by atoms with Gasteiger partial charge in [-0.3, -0.25) is 4.79 Å². The molecule has 1 aromatic rings.